The van der Waals surface area contributed by atoms with Crippen molar-refractivity contribution in [2.24, 2.45) is 28.9 Å². The summed E-state index contributed by atoms with van der Waals surface area (Å²) in [5, 5.41) is 22.8. The van der Waals surface area contributed by atoms with E-state index in [9.17, 15) is 15.0 Å². The molecule has 5 N–H and O–H groups in total. The summed E-state index contributed by atoms with van der Waals surface area (Å²) in [7, 11) is 0. The molecular formula is C26H44N2O3. The predicted molar refractivity (Wildman–Crippen MR) is 125 cm³/mol. The van der Waals surface area contributed by atoms with Crippen LogP contribution in [0.4, 0.5) is 0 Å². The number of unbranched alkanes of at least 4 members (excludes halogenated alkanes) is 1. The standard InChI is InChI=1S/C26H44N2O3/c1-18(6-3-4-13-28-25(31)17-27)23-10-11-24-20(7-5-12-26(23,24)2)9-8-19-14-21(29)16-22(30)15-19/h8-9,18,21-24,29-30H,3-7,10-17,27H2,1-2H3,(H,28,31)/b20-9+/t18?,21-,22-,23-,24+,26?/m1/s1. The third-order valence-electron chi connectivity index (χ3n) is 8.39. The fraction of sp³-hybridized carbons (Fsp3) is 0.808. The summed E-state index contributed by atoms with van der Waals surface area (Å²) in [5.74, 6) is 2.09. The summed E-state index contributed by atoms with van der Waals surface area (Å²) < 4.78 is 0. The van der Waals surface area contributed by atoms with Gasteiger partial charge in [0.05, 0.1) is 18.8 Å². The SMILES string of the molecule is CC(CCCCNC(=O)CN)[C@H]1CC[C@H]2/C(=C/C=C3C[C@@H](O)C[C@H](O)C3)CCCC12C. The van der Waals surface area contributed by atoms with Crippen LogP contribution in [0.3, 0.4) is 0 Å². The molecular weight excluding hydrogens is 388 g/mol. The Kier molecular flexibility index (Phi) is 8.77. The van der Waals surface area contributed by atoms with Gasteiger partial charge in [-0.1, -0.05) is 50.0 Å². The second kappa shape index (κ2) is 11.1. The molecule has 0 aromatic carbocycles. The van der Waals surface area contributed by atoms with Crippen LogP contribution in [0.15, 0.2) is 23.3 Å². The van der Waals surface area contributed by atoms with Gasteiger partial charge in [0, 0.05) is 6.54 Å². The van der Waals surface area contributed by atoms with Crippen LogP contribution in [0.25, 0.3) is 0 Å². The number of rotatable bonds is 8. The van der Waals surface area contributed by atoms with E-state index in [0.717, 1.165) is 25.3 Å². The van der Waals surface area contributed by atoms with E-state index in [4.69, 9.17) is 5.73 Å². The molecule has 0 radical (unpaired) electrons. The van der Waals surface area contributed by atoms with Gasteiger partial charge in [0.1, 0.15) is 0 Å². The van der Waals surface area contributed by atoms with Gasteiger partial charge < -0.3 is 21.3 Å². The van der Waals surface area contributed by atoms with Crippen molar-refractivity contribution in [3.05, 3.63) is 23.3 Å². The van der Waals surface area contributed by atoms with Crippen molar-refractivity contribution in [3.8, 4) is 0 Å². The molecule has 3 rings (SSSR count). The average molecular weight is 433 g/mol. The summed E-state index contributed by atoms with van der Waals surface area (Å²) in [6.45, 7) is 5.77. The van der Waals surface area contributed by atoms with Crippen molar-refractivity contribution in [2.75, 3.05) is 13.1 Å². The lowest BCUT2D eigenvalue weighted by molar-refractivity contribution is -0.119. The smallest absolute Gasteiger partial charge is 0.233 e. The molecule has 2 unspecified atom stereocenters. The molecule has 3 fully saturated rings. The first kappa shape index (κ1) is 24.5. The number of hydrogen-bond donors (Lipinski definition) is 4. The summed E-state index contributed by atoms with van der Waals surface area (Å²) in [6, 6.07) is 0. The molecule has 0 heterocycles. The van der Waals surface area contributed by atoms with Crippen LogP contribution in [-0.4, -0.2) is 41.4 Å². The Bertz CT molecular complexity index is 662. The van der Waals surface area contributed by atoms with Gasteiger partial charge >= 0.3 is 0 Å². The lowest BCUT2D eigenvalue weighted by atomic mass is 9.60. The Morgan fingerprint density at radius 2 is 1.97 bits per heavy atom. The van der Waals surface area contributed by atoms with E-state index in [1.165, 1.54) is 44.1 Å². The molecule has 31 heavy (non-hydrogen) atoms. The van der Waals surface area contributed by atoms with Crippen LogP contribution in [-0.2, 0) is 4.79 Å². The number of carbonyl (C=O) groups excluding carboxylic acids is 1. The first-order chi connectivity index (χ1) is 14.8. The van der Waals surface area contributed by atoms with Crippen LogP contribution >= 0.6 is 0 Å². The molecule has 5 nitrogen and oxygen atoms in total. The van der Waals surface area contributed by atoms with Gasteiger partial charge in [0.25, 0.3) is 0 Å². The highest BCUT2D eigenvalue weighted by Crippen LogP contribution is 2.59. The third-order valence-corrected chi connectivity index (χ3v) is 8.39. The molecule has 0 spiro atoms. The number of carbonyl (C=O) groups is 1. The van der Waals surface area contributed by atoms with E-state index in [1.807, 2.05) is 0 Å². The van der Waals surface area contributed by atoms with Gasteiger partial charge in [-0.3, -0.25) is 4.79 Å². The first-order valence-electron chi connectivity index (χ1n) is 12.5. The van der Waals surface area contributed by atoms with Crippen molar-refractivity contribution in [1.29, 1.82) is 0 Å². The summed E-state index contributed by atoms with van der Waals surface area (Å²) in [4.78, 5) is 11.3. The number of amides is 1. The van der Waals surface area contributed by atoms with Gasteiger partial charge in [0.2, 0.25) is 5.91 Å². The molecule has 0 aliphatic heterocycles. The highest BCUT2D eigenvalue weighted by atomic mass is 16.3. The molecule has 176 valence electrons. The highest BCUT2D eigenvalue weighted by Gasteiger charge is 2.50. The Labute approximate surface area is 188 Å². The van der Waals surface area contributed by atoms with Crippen LogP contribution in [0.2, 0.25) is 0 Å². The topological polar surface area (TPSA) is 95.6 Å². The quantitative estimate of drug-likeness (QED) is 0.438. The number of aliphatic hydroxyl groups excluding tert-OH is 2. The monoisotopic (exact) mass is 432 g/mol. The predicted octanol–water partition coefficient (Wildman–Crippen LogP) is 3.84. The van der Waals surface area contributed by atoms with Gasteiger partial charge in [0.15, 0.2) is 0 Å². The summed E-state index contributed by atoms with van der Waals surface area (Å²) >= 11 is 0. The van der Waals surface area contributed by atoms with Crippen LogP contribution in [0.1, 0.15) is 84.5 Å². The number of nitrogens with one attached hydrogen (secondary N) is 1. The number of aliphatic hydroxyl groups is 2. The van der Waals surface area contributed by atoms with E-state index < -0.39 is 12.2 Å². The first-order valence-corrected chi connectivity index (χ1v) is 12.5. The van der Waals surface area contributed by atoms with E-state index in [0.29, 0.717) is 36.5 Å². The molecule has 3 saturated carbocycles. The zero-order chi connectivity index (χ0) is 22.4. The number of fused-ring (bicyclic) bond motifs is 1. The third kappa shape index (κ3) is 6.21. The molecule has 0 bridgehead atoms. The van der Waals surface area contributed by atoms with Crippen LogP contribution in [0.5, 0.6) is 0 Å². The second-order valence-electron chi connectivity index (χ2n) is 10.6. The second-order valence-corrected chi connectivity index (χ2v) is 10.6. The molecule has 0 aromatic heterocycles. The van der Waals surface area contributed by atoms with Gasteiger partial charge in [-0.25, -0.2) is 0 Å². The fourth-order valence-electron chi connectivity index (χ4n) is 6.84. The highest BCUT2D eigenvalue weighted by molar-refractivity contribution is 5.77. The summed E-state index contributed by atoms with van der Waals surface area (Å²) in [6.07, 6.45) is 15.5. The van der Waals surface area contributed by atoms with E-state index in [-0.39, 0.29) is 12.5 Å². The van der Waals surface area contributed by atoms with Crippen molar-refractivity contribution < 1.29 is 15.0 Å². The van der Waals surface area contributed by atoms with Crippen LogP contribution in [0, 0.1) is 23.2 Å². The zero-order valence-corrected chi connectivity index (χ0v) is 19.6. The van der Waals surface area contributed by atoms with E-state index in [1.54, 1.807) is 5.57 Å². The molecule has 0 saturated heterocycles. The molecule has 1 amide bonds. The van der Waals surface area contributed by atoms with Crippen molar-refractivity contribution in [3.63, 3.8) is 0 Å². The maximum absolute atomic E-state index is 11.3. The molecule has 6 atom stereocenters. The van der Waals surface area contributed by atoms with E-state index in [2.05, 4.69) is 31.3 Å². The van der Waals surface area contributed by atoms with Gasteiger partial charge in [-0.15, -0.1) is 0 Å². The lowest BCUT2D eigenvalue weighted by Crippen LogP contribution is -2.36. The van der Waals surface area contributed by atoms with Crippen molar-refractivity contribution >= 4 is 5.91 Å². The average Bonchev–Trinajstić information content (AvgIpc) is 3.08. The normalized spacial score (nSPS) is 35.6. The van der Waals surface area contributed by atoms with Crippen molar-refractivity contribution in [1.82, 2.24) is 5.32 Å². The maximum Gasteiger partial charge on any atom is 0.233 e. The number of allylic oxidation sites excluding steroid dienone is 3. The number of hydrogen-bond acceptors (Lipinski definition) is 4. The minimum absolute atomic E-state index is 0.0621. The lowest BCUT2D eigenvalue weighted by Gasteiger charge is -2.44. The van der Waals surface area contributed by atoms with Crippen LogP contribution < -0.4 is 11.1 Å². The van der Waals surface area contributed by atoms with Gasteiger partial charge in [-0.05, 0) is 81.0 Å². The summed E-state index contributed by atoms with van der Waals surface area (Å²) in [5.41, 5.74) is 8.51. The Balaban J connectivity index is 1.57. The van der Waals surface area contributed by atoms with E-state index >= 15 is 0 Å². The molecule has 3 aliphatic rings. The van der Waals surface area contributed by atoms with Crippen molar-refractivity contribution in [2.45, 2.75) is 96.7 Å². The zero-order valence-electron chi connectivity index (χ0n) is 19.6. The minimum Gasteiger partial charge on any atom is -0.393 e. The Morgan fingerprint density at radius 1 is 1.23 bits per heavy atom. The fourth-order valence-corrected chi connectivity index (χ4v) is 6.84. The Morgan fingerprint density at radius 3 is 2.68 bits per heavy atom. The molecule has 0 aromatic rings. The number of nitrogens with two attached hydrogens (primary N) is 1. The maximum atomic E-state index is 11.3. The van der Waals surface area contributed by atoms with Gasteiger partial charge in [-0.2, -0.15) is 0 Å². The largest absolute Gasteiger partial charge is 0.393 e. The molecule has 5 heteroatoms. The molecule has 3 aliphatic carbocycles. The Hall–Kier alpha value is -1.17. The minimum atomic E-state index is -0.398.